The first kappa shape index (κ1) is 15.8. The summed E-state index contributed by atoms with van der Waals surface area (Å²) >= 11 is 3.81. The van der Waals surface area contributed by atoms with Crippen molar-refractivity contribution >= 4 is 45.7 Å². The third kappa shape index (κ3) is 3.94. The van der Waals surface area contributed by atoms with Crippen LogP contribution in [0.3, 0.4) is 0 Å². The van der Waals surface area contributed by atoms with E-state index in [-0.39, 0.29) is 11.8 Å². The molecular weight excluding hydrogens is 387 g/mol. The number of thiophene rings is 1. The number of amides is 2. The van der Waals surface area contributed by atoms with E-state index in [1.54, 1.807) is 11.3 Å². The highest BCUT2D eigenvalue weighted by molar-refractivity contribution is 14.1. The molecule has 0 N–H and O–H groups in total. The summed E-state index contributed by atoms with van der Waals surface area (Å²) in [5.41, 5.74) is 0.765. The van der Waals surface area contributed by atoms with Gasteiger partial charge in [0.25, 0.3) is 5.91 Å². The highest BCUT2D eigenvalue weighted by Gasteiger charge is 2.25. The van der Waals surface area contributed by atoms with Crippen LogP contribution in [0.2, 0.25) is 0 Å². The number of rotatable bonds is 3. The van der Waals surface area contributed by atoms with Crippen LogP contribution in [0.4, 0.5) is 0 Å². The SMILES string of the molecule is CC(C)CC(=O)N1CCN(C(=O)c2csc(I)c2)CC1. The number of nitrogens with zero attached hydrogens (tertiary/aromatic N) is 2. The van der Waals surface area contributed by atoms with Crippen LogP contribution in [0.1, 0.15) is 30.6 Å². The van der Waals surface area contributed by atoms with Gasteiger partial charge in [-0.15, -0.1) is 11.3 Å². The highest BCUT2D eigenvalue weighted by Crippen LogP contribution is 2.19. The van der Waals surface area contributed by atoms with Gasteiger partial charge < -0.3 is 9.80 Å². The molecule has 6 heteroatoms. The Bertz CT molecular complexity index is 493. The van der Waals surface area contributed by atoms with Gasteiger partial charge in [0.15, 0.2) is 0 Å². The fourth-order valence-electron chi connectivity index (χ4n) is 2.24. The Morgan fingerprint density at radius 2 is 1.85 bits per heavy atom. The summed E-state index contributed by atoms with van der Waals surface area (Å²) in [7, 11) is 0. The van der Waals surface area contributed by atoms with E-state index in [1.165, 1.54) is 0 Å². The zero-order valence-corrected chi connectivity index (χ0v) is 14.7. The van der Waals surface area contributed by atoms with Gasteiger partial charge in [0.1, 0.15) is 0 Å². The van der Waals surface area contributed by atoms with Crippen LogP contribution in [-0.4, -0.2) is 47.8 Å². The molecule has 0 aliphatic carbocycles. The molecule has 0 atom stereocenters. The van der Waals surface area contributed by atoms with Crippen molar-refractivity contribution in [2.45, 2.75) is 20.3 Å². The quantitative estimate of drug-likeness (QED) is 0.725. The minimum atomic E-state index is 0.0834. The molecule has 1 aromatic heterocycles. The summed E-state index contributed by atoms with van der Waals surface area (Å²) < 4.78 is 1.12. The largest absolute Gasteiger partial charge is 0.339 e. The molecule has 0 aromatic carbocycles. The van der Waals surface area contributed by atoms with Gasteiger partial charge in [-0.2, -0.15) is 0 Å². The van der Waals surface area contributed by atoms with Crippen molar-refractivity contribution in [1.82, 2.24) is 9.80 Å². The molecule has 110 valence electrons. The second-order valence-corrected chi connectivity index (χ2v) is 8.22. The summed E-state index contributed by atoms with van der Waals surface area (Å²) in [5.74, 6) is 0.673. The monoisotopic (exact) mass is 406 g/mol. The van der Waals surface area contributed by atoms with E-state index >= 15 is 0 Å². The van der Waals surface area contributed by atoms with Crippen molar-refractivity contribution in [3.05, 3.63) is 19.9 Å². The lowest BCUT2D eigenvalue weighted by Gasteiger charge is -2.35. The van der Waals surface area contributed by atoms with Gasteiger partial charge in [-0.1, -0.05) is 13.8 Å². The van der Waals surface area contributed by atoms with E-state index in [9.17, 15) is 9.59 Å². The molecule has 1 saturated heterocycles. The molecule has 2 heterocycles. The topological polar surface area (TPSA) is 40.6 Å². The molecule has 1 fully saturated rings. The molecule has 0 radical (unpaired) electrons. The summed E-state index contributed by atoms with van der Waals surface area (Å²) in [4.78, 5) is 28.0. The molecule has 20 heavy (non-hydrogen) atoms. The van der Waals surface area contributed by atoms with Crippen molar-refractivity contribution in [3.8, 4) is 0 Å². The van der Waals surface area contributed by atoms with Crippen LogP contribution < -0.4 is 0 Å². The lowest BCUT2D eigenvalue weighted by molar-refractivity contribution is -0.133. The van der Waals surface area contributed by atoms with E-state index < -0.39 is 0 Å². The first-order valence-electron chi connectivity index (χ1n) is 6.78. The van der Waals surface area contributed by atoms with Crippen LogP contribution in [0.25, 0.3) is 0 Å². The van der Waals surface area contributed by atoms with Crippen molar-refractivity contribution in [2.24, 2.45) is 5.92 Å². The summed E-state index contributed by atoms with van der Waals surface area (Å²) in [5, 5.41) is 1.90. The van der Waals surface area contributed by atoms with Crippen molar-refractivity contribution in [3.63, 3.8) is 0 Å². The maximum absolute atomic E-state index is 12.3. The van der Waals surface area contributed by atoms with Gasteiger partial charge in [-0.05, 0) is 34.6 Å². The lowest BCUT2D eigenvalue weighted by Crippen LogP contribution is -2.50. The molecule has 4 nitrogen and oxygen atoms in total. The number of halogens is 1. The first-order valence-corrected chi connectivity index (χ1v) is 8.74. The standard InChI is InChI=1S/C14H19IN2O2S/c1-10(2)7-13(18)16-3-5-17(6-4-16)14(19)11-8-12(15)20-9-11/h8-10H,3-7H2,1-2H3. The van der Waals surface area contributed by atoms with E-state index in [4.69, 9.17) is 0 Å². The number of hydrogen-bond acceptors (Lipinski definition) is 3. The molecule has 0 spiro atoms. The Kier molecular flexibility index (Phi) is 5.42. The lowest BCUT2D eigenvalue weighted by atomic mass is 10.1. The molecule has 0 saturated carbocycles. The van der Waals surface area contributed by atoms with Crippen LogP contribution in [0.15, 0.2) is 11.4 Å². The maximum Gasteiger partial charge on any atom is 0.254 e. The summed E-state index contributed by atoms with van der Waals surface area (Å²) in [6.45, 7) is 6.67. The molecule has 0 unspecified atom stereocenters. The van der Waals surface area contributed by atoms with Gasteiger partial charge in [0, 0.05) is 38.0 Å². The van der Waals surface area contributed by atoms with Crippen LogP contribution in [0, 0.1) is 8.80 Å². The van der Waals surface area contributed by atoms with Crippen molar-refractivity contribution in [1.29, 1.82) is 0 Å². The fraction of sp³-hybridized carbons (Fsp3) is 0.571. The molecule has 0 bridgehead atoms. The zero-order chi connectivity index (χ0) is 14.7. The smallest absolute Gasteiger partial charge is 0.254 e. The van der Waals surface area contributed by atoms with E-state index in [0.29, 0.717) is 38.5 Å². The number of carbonyl (C=O) groups is 2. The molecular formula is C14H19IN2O2S. The number of carbonyl (C=O) groups excluding carboxylic acids is 2. The molecule has 2 rings (SSSR count). The van der Waals surface area contributed by atoms with Gasteiger partial charge in [0.05, 0.1) is 8.45 Å². The maximum atomic E-state index is 12.3. The Morgan fingerprint density at radius 3 is 2.35 bits per heavy atom. The average Bonchev–Trinajstić information content (AvgIpc) is 2.84. The number of piperazine rings is 1. The minimum Gasteiger partial charge on any atom is -0.339 e. The normalized spacial score (nSPS) is 15.8. The summed E-state index contributed by atoms with van der Waals surface area (Å²) in [6.07, 6.45) is 0.594. The van der Waals surface area contributed by atoms with Gasteiger partial charge >= 0.3 is 0 Å². The third-order valence-corrected chi connectivity index (χ3v) is 5.11. The summed E-state index contributed by atoms with van der Waals surface area (Å²) in [6, 6.07) is 1.92. The van der Waals surface area contributed by atoms with Gasteiger partial charge in [-0.3, -0.25) is 9.59 Å². The molecule has 1 aromatic rings. The molecule has 1 aliphatic rings. The predicted molar refractivity (Wildman–Crippen MR) is 89.0 cm³/mol. The second kappa shape index (κ2) is 6.89. The predicted octanol–water partition coefficient (Wildman–Crippen LogP) is 2.68. The Labute approximate surface area is 137 Å². The third-order valence-electron chi connectivity index (χ3n) is 3.32. The highest BCUT2D eigenvalue weighted by atomic mass is 127. The fourth-order valence-corrected chi connectivity index (χ4v) is 3.56. The van der Waals surface area contributed by atoms with E-state index in [0.717, 1.165) is 8.45 Å². The first-order chi connectivity index (χ1) is 9.47. The minimum absolute atomic E-state index is 0.0834. The van der Waals surface area contributed by atoms with Crippen LogP contribution >= 0.6 is 33.9 Å². The Morgan fingerprint density at radius 1 is 1.25 bits per heavy atom. The molecule has 2 amide bonds. The van der Waals surface area contributed by atoms with Crippen LogP contribution in [0.5, 0.6) is 0 Å². The van der Waals surface area contributed by atoms with Crippen LogP contribution in [-0.2, 0) is 4.79 Å². The second-order valence-electron chi connectivity index (χ2n) is 5.41. The van der Waals surface area contributed by atoms with Gasteiger partial charge in [0.2, 0.25) is 5.91 Å². The van der Waals surface area contributed by atoms with E-state index in [1.807, 2.05) is 21.2 Å². The Hall–Kier alpha value is -0.630. The Balaban J connectivity index is 1.88. The van der Waals surface area contributed by atoms with Crippen molar-refractivity contribution < 1.29 is 9.59 Å². The number of hydrogen-bond donors (Lipinski definition) is 0. The van der Waals surface area contributed by atoms with Crippen molar-refractivity contribution in [2.75, 3.05) is 26.2 Å². The average molecular weight is 406 g/mol. The van der Waals surface area contributed by atoms with E-state index in [2.05, 4.69) is 36.4 Å². The zero-order valence-electron chi connectivity index (χ0n) is 11.8. The van der Waals surface area contributed by atoms with Gasteiger partial charge in [-0.25, -0.2) is 0 Å². The molecule has 1 aliphatic heterocycles.